The molecule has 2 aromatic carbocycles. The minimum absolute atomic E-state index is 0.188. The van der Waals surface area contributed by atoms with E-state index in [9.17, 15) is 14.7 Å². The lowest BCUT2D eigenvalue weighted by Crippen LogP contribution is -2.32. The summed E-state index contributed by atoms with van der Waals surface area (Å²) in [4.78, 5) is 33.3. The number of carbonyl (C=O) groups excluding carboxylic acids is 2. The highest BCUT2D eigenvalue weighted by atomic mass is 16.6. The van der Waals surface area contributed by atoms with Gasteiger partial charge in [-0.2, -0.15) is 4.98 Å². The average Bonchev–Trinajstić information content (AvgIpc) is 3.59. The zero-order valence-electron chi connectivity index (χ0n) is 28.0. The second-order valence-corrected chi connectivity index (χ2v) is 13.1. The number of anilines is 3. The van der Waals surface area contributed by atoms with Crippen LogP contribution >= 0.6 is 0 Å². The van der Waals surface area contributed by atoms with Gasteiger partial charge in [0.15, 0.2) is 0 Å². The van der Waals surface area contributed by atoms with Crippen LogP contribution < -0.4 is 16.0 Å². The monoisotopic (exact) mass is 657 g/mol. The highest BCUT2D eigenvalue weighted by molar-refractivity contribution is 5.95. The molecular weight excluding hydrogens is 614 g/mol. The van der Waals surface area contributed by atoms with Crippen LogP contribution in [-0.4, -0.2) is 56.1 Å². The van der Waals surface area contributed by atoms with Gasteiger partial charge in [0, 0.05) is 30.4 Å². The van der Waals surface area contributed by atoms with Crippen molar-refractivity contribution in [2.24, 2.45) is 0 Å². The van der Waals surface area contributed by atoms with E-state index in [1.165, 1.54) is 0 Å². The Morgan fingerprint density at radius 3 is 2.54 bits per heavy atom. The Kier molecular flexibility index (Phi) is 10.6. The number of ether oxygens (including phenoxy) is 2. The van der Waals surface area contributed by atoms with Gasteiger partial charge in [-0.15, -0.1) is 10.2 Å². The van der Waals surface area contributed by atoms with E-state index in [-0.39, 0.29) is 24.4 Å². The van der Waals surface area contributed by atoms with E-state index < -0.39 is 23.3 Å². The Morgan fingerprint density at radius 2 is 1.79 bits per heavy atom. The summed E-state index contributed by atoms with van der Waals surface area (Å²) in [5, 5.41) is 28.1. The maximum atomic E-state index is 12.3. The van der Waals surface area contributed by atoms with Crippen LogP contribution in [0.2, 0.25) is 0 Å². The highest BCUT2D eigenvalue weighted by Gasteiger charge is 2.37. The fourth-order valence-corrected chi connectivity index (χ4v) is 5.29. The number of amides is 1. The normalized spacial score (nSPS) is 14.2. The minimum Gasteiger partial charge on any atom is -0.451 e. The topological polar surface area (TPSA) is 174 Å². The molecule has 0 unspecified atom stereocenters. The average molecular weight is 658 g/mol. The van der Waals surface area contributed by atoms with Crippen molar-refractivity contribution in [1.82, 2.24) is 25.5 Å². The van der Waals surface area contributed by atoms with E-state index in [1.807, 2.05) is 71.0 Å². The summed E-state index contributed by atoms with van der Waals surface area (Å²) in [6.45, 7) is 9.56. The molecule has 4 aromatic rings. The molecule has 0 bridgehead atoms. The number of esters is 1. The van der Waals surface area contributed by atoms with Crippen LogP contribution in [0.1, 0.15) is 93.7 Å². The molecule has 1 amide bonds. The Morgan fingerprint density at radius 1 is 1.02 bits per heavy atom. The zero-order valence-corrected chi connectivity index (χ0v) is 28.0. The van der Waals surface area contributed by atoms with Crippen LogP contribution in [0.15, 0.2) is 59.1 Å². The van der Waals surface area contributed by atoms with E-state index >= 15 is 0 Å². The highest BCUT2D eigenvalue weighted by Crippen LogP contribution is 2.38. The van der Waals surface area contributed by atoms with Gasteiger partial charge in [0.25, 0.3) is 5.89 Å². The summed E-state index contributed by atoms with van der Waals surface area (Å²) < 4.78 is 16.8. The fraction of sp³-hybridized carbons (Fsp3) is 0.429. The van der Waals surface area contributed by atoms with Gasteiger partial charge in [-0.3, -0.25) is 0 Å². The number of hydrogen-bond acceptors (Lipinski definition) is 12. The van der Waals surface area contributed by atoms with Gasteiger partial charge in [-0.25, -0.2) is 14.6 Å². The lowest BCUT2D eigenvalue weighted by Gasteiger charge is -2.20. The third kappa shape index (κ3) is 8.85. The first-order valence-electron chi connectivity index (χ1n) is 16.2. The first-order chi connectivity index (χ1) is 22.9. The third-order valence-corrected chi connectivity index (χ3v) is 7.66. The molecule has 1 aliphatic heterocycles. The summed E-state index contributed by atoms with van der Waals surface area (Å²) in [6, 6.07) is 14.4. The molecule has 2 aromatic heterocycles. The van der Waals surface area contributed by atoms with E-state index in [2.05, 4.69) is 31.1 Å². The number of nitrogens with one attached hydrogen (secondary N) is 3. The first-order valence-corrected chi connectivity index (χ1v) is 16.2. The lowest BCUT2D eigenvalue weighted by atomic mass is 9.95. The van der Waals surface area contributed by atoms with Crippen LogP contribution in [0.5, 0.6) is 0 Å². The fourth-order valence-electron chi connectivity index (χ4n) is 5.29. The molecule has 0 saturated carbocycles. The molecule has 0 radical (unpaired) electrons. The van der Waals surface area contributed by atoms with Crippen molar-refractivity contribution >= 4 is 29.5 Å². The molecule has 0 fully saturated rings. The zero-order chi connectivity index (χ0) is 34.3. The summed E-state index contributed by atoms with van der Waals surface area (Å²) >= 11 is 0. The Bertz CT molecular complexity index is 1720. The molecule has 0 spiro atoms. The number of unbranched alkanes of at least 4 members (excludes halogenated alkanes) is 3. The SMILES string of the molecule is CC(C)(C)OC(=O)NCCCCCCc1nnc(-c2cnc(Nc3ccc4c(c3)C(C)(C)OC4=O)nc2N[C@H](CO)c2ccccc2)o1. The van der Waals surface area contributed by atoms with Crippen molar-refractivity contribution in [1.29, 1.82) is 0 Å². The predicted octanol–water partition coefficient (Wildman–Crippen LogP) is 6.45. The number of aliphatic hydroxyl groups is 1. The molecule has 0 aliphatic carbocycles. The van der Waals surface area contributed by atoms with Crippen LogP contribution in [0, 0.1) is 0 Å². The molecule has 1 atom stereocenters. The number of hydrogen-bond donors (Lipinski definition) is 4. The number of aromatic nitrogens is 4. The van der Waals surface area contributed by atoms with E-state index in [0.29, 0.717) is 41.5 Å². The minimum atomic E-state index is -0.750. The van der Waals surface area contributed by atoms with E-state index in [4.69, 9.17) is 18.9 Å². The molecule has 13 nitrogen and oxygen atoms in total. The Hall–Kier alpha value is -5.04. The number of fused-ring (bicyclic) bond motifs is 1. The molecule has 13 heteroatoms. The number of aliphatic hydroxyl groups excluding tert-OH is 1. The van der Waals surface area contributed by atoms with Gasteiger partial charge in [-0.1, -0.05) is 43.2 Å². The number of nitrogens with zero attached hydrogens (tertiary/aromatic N) is 4. The maximum Gasteiger partial charge on any atom is 0.407 e. The van der Waals surface area contributed by atoms with Gasteiger partial charge in [0.1, 0.15) is 17.0 Å². The smallest absolute Gasteiger partial charge is 0.407 e. The summed E-state index contributed by atoms with van der Waals surface area (Å²) in [7, 11) is 0. The number of cyclic esters (lactones) is 1. The van der Waals surface area contributed by atoms with Crippen molar-refractivity contribution < 1.29 is 28.6 Å². The Labute approximate surface area is 279 Å². The van der Waals surface area contributed by atoms with Crippen LogP contribution in [0.25, 0.3) is 11.5 Å². The second-order valence-electron chi connectivity index (χ2n) is 13.1. The van der Waals surface area contributed by atoms with Gasteiger partial charge in [0.05, 0.1) is 23.8 Å². The molecule has 0 saturated heterocycles. The predicted molar refractivity (Wildman–Crippen MR) is 180 cm³/mol. The first kappa shape index (κ1) is 34.3. The molecule has 3 heterocycles. The number of carbonyl (C=O) groups is 2. The molecular formula is C35H43N7O6. The molecule has 4 N–H and O–H groups in total. The molecule has 48 heavy (non-hydrogen) atoms. The van der Waals surface area contributed by atoms with Gasteiger partial charge >= 0.3 is 12.1 Å². The van der Waals surface area contributed by atoms with Crippen molar-refractivity contribution in [3.05, 3.63) is 77.3 Å². The number of benzene rings is 2. The van der Waals surface area contributed by atoms with Crippen molar-refractivity contribution in [3.8, 4) is 11.5 Å². The summed E-state index contributed by atoms with van der Waals surface area (Å²) in [6.07, 6.45) is 5.32. The molecule has 1 aliphatic rings. The standard InChI is InChI=1S/C35H43N7O6/c1-34(2,3)48-33(45)36-18-12-7-6-11-15-28-41-42-30(46-28)25-20-37-32(40-29(25)39-27(21-43)22-13-9-8-10-14-22)38-23-16-17-24-26(19-23)35(4,5)47-31(24)44/h8-10,13-14,16-17,19-20,27,43H,6-7,11-12,15,18,21H2,1-5H3,(H,36,45)(H2,37,38,39,40)/t27-/m1/s1. The van der Waals surface area contributed by atoms with Crippen molar-refractivity contribution in [3.63, 3.8) is 0 Å². The third-order valence-electron chi connectivity index (χ3n) is 7.66. The van der Waals surface area contributed by atoms with E-state index in [0.717, 1.165) is 36.8 Å². The largest absolute Gasteiger partial charge is 0.451 e. The van der Waals surface area contributed by atoms with Gasteiger partial charge in [-0.05, 0) is 71.2 Å². The van der Waals surface area contributed by atoms with Crippen molar-refractivity contribution in [2.45, 2.75) is 84.0 Å². The van der Waals surface area contributed by atoms with Gasteiger partial charge < -0.3 is 34.9 Å². The summed E-state index contributed by atoms with van der Waals surface area (Å²) in [5.74, 6) is 1.07. The van der Waals surface area contributed by atoms with Gasteiger partial charge in [0.2, 0.25) is 11.8 Å². The second kappa shape index (κ2) is 14.8. The number of alkyl carbamates (subject to hydrolysis) is 1. The Balaban J connectivity index is 1.27. The lowest BCUT2D eigenvalue weighted by molar-refractivity contribution is 0.00951. The molecule has 5 rings (SSSR count). The molecule has 254 valence electrons. The van der Waals surface area contributed by atoms with Crippen LogP contribution in [-0.2, 0) is 21.5 Å². The van der Waals surface area contributed by atoms with Crippen LogP contribution in [0.4, 0.5) is 22.2 Å². The maximum absolute atomic E-state index is 12.3. The van der Waals surface area contributed by atoms with E-state index in [1.54, 1.807) is 18.3 Å². The number of rotatable bonds is 14. The summed E-state index contributed by atoms with van der Waals surface area (Å²) in [5.41, 5.74) is 2.07. The van der Waals surface area contributed by atoms with Crippen LogP contribution in [0.3, 0.4) is 0 Å². The number of aryl methyl sites for hydroxylation is 1. The quantitative estimate of drug-likeness (QED) is 0.0863. The van der Waals surface area contributed by atoms with Crippen molar-refractivity contribution in [2.75, 3.05) is 23.8 Å².